The molecule has 0 aliphatic carbocycles. The summed E-state index contributed by atoms with van der Waals surface area (Å²) in [5, 5.41) is 3.08. The number of nitrogens with two attached hydrogens (primary N) is 1. The quantitative estimate of drug-likeness (QED) is 0.317. The average Bonchev–Trinajstić information content (AvgIpc) is 3.09. The van der Waals surface area contributed by atoms with E-state index < -0.39 is 0 Å². The number of nitrogens with one attached hydrogen (secondary N) is 1. The Morgan fingerprint density at radius 1 is 1.04 bits per heavy atom. The van der Waals surface area contributed by atoms with Crippen molar-refractivity contribution in [1.82, 2.24) is 9.55 Å². The van der Waals surface area contributed by atoms with Crippen LogP contribution in [0.15, 0.2) is 78.0 Å². The summed E-state index contributed by atoms with van der Waals surface area (Å²) in [6, 6.07) is 20.3. The van der Waals surface area contributed by atoms with Crippen LogP contribution in [0.25, 0.3) is 0 Å². The molecule has 6 heteroatoms. The molecule has 3 aromatic rings. The van der Waals surface area contributed by atoms with E-state index in [9.17, 15) is 0 Å². The van der Waals surface area contributed by atoms with Crippen molar-refractivity contribution in [2.75, 3.05) is 5.32 Å². The summed E-state index contributed by atoms with van der Waals surface area (Å²) in [4.78, 5) is 8.78. The van der Waals surface area contributed by atoms with E-state index in [0.717, 1.165) is 30.9 Å². The number of aliphatic imine (C=N–C) groups is 1. The van der Waals surface area contributed by atoms with Gasteiger partial charge in [-0.05, 0) is 30.5 Å². The first-order valence-corrected chi connectivity index (χ1v) is 8.47. The molecular weight excluding hydrogens is 437 g/mol. The van der Waals surface area contributed by atoms with Gasteiger partial charge in [0.25, 0.3) is 0 Å². The fourth-order valence-electron chi connectivity index (χ4n) is 2.66. The number of aromatic nitrogens is 2. The van der Waals surface area contributed by atoms with Crippen LogP contribution in [-0.2, 0) is 19.5 Å². The Morgan fingerprint density at radius 2 is 1.73 bits per heavy atom. The van der Waals surface area contributed by atoms with Crippen molar-refractivity contribution in [3.8, 4) is 0 Å². The molecular formula is C20H24IN5. The Hall–Kier alpha value is -2.35. The second-order valence-corrected chi connectivity index (χ2v) is 5.82. The van der Waals surface area contributed by atoms with Crippen LogP contribution in [0.3, 0.4) is 0 Å². The third-order valence-electron chi connectivity index (χ3n) is 3.95. The molecule has 0 saturated heterocycles. The van der Waals surface area contributed by atoms with Gasteiger partial charge in [-0.15, -0.1) is 24.0 Å². The monoisotopic (exact) mass is 461 g/mol. The van der Waals surface area contributed by atoms with Crippen molar-refractivity contribution in [2.45, 2.75) is 25.9 Å². The third kappa shape index (κ3) is 6.18. The van der Waals surface area contributed by atoms with E-state index in [1.165, 1.54) is 5.56 Å². The Morgan fingerprint density at radius 3 is 2.46 bits per heavy atom. The van der Waals surface area contributed by atoms with Gasteiger partial charge in [0.2, 0.25) is 0 Å². The van der Waals surface area contributed by atoms with Crippen molar-refractivity contribution in [3.05, 3.63) is 84.4 Å². The SMILES string of the molecule is I.NC(=NCc1nccn1CCCc1ccccc1)Nc1ccccc1. The zero-order valence-electron chi connectivity index (χ0n) is 14.6. The molecule has 2 aromatic carbocycles. The number of benzene rings is 2. The lowest BCUT2D eigenvalue weighted by Gasteiger charge is -2.08. The molecule has 5 nitrogen and oxygen atoms in total. The molecule has 0 radical (unpaired) electrons. The van der Waals surface area contributed by atoms with E-state index in [-0.39, 0.29) is 24.0 Å². The Labute approximate surface area is 171 Å². The number of hydrogen-bond donors (Lipinski definition) is 2. The van der Waals surface area contributed by atoms with Crippen molar-refractivity contribution in [1.29, 1.82) is 0 Å². The van der Waals surface area contributed by atoms with Gasteiger partial charge in [-0.25, -0.2) is 9.98 Å². The maximum Gasteiger partial charge on any atom is 0.193 e. The van der Waals surface area contributed by atoms with Gasteiger partial charge in [-0.2, -0.15) is 0 Å². The van der Waals surface area contributed by atoms with Crippen molar-refractivity contribution < 1.29 is 0 Å². The normalized spacial score (nSPS) is 11.0. The zero-order valence-corrected chi connectivity index (χ0v) is 16.9. The molecule has 0 saturated carbocycles. The predicted molar refractivity (Wildman–Crippen MR) is 118 cm³/mol. The summed E-state index contributed by atoms with van der Waals surface area (Å²) in [6.07, 6.45) is 5.93. The van der Waals surface area contributed by atoms with Gasteiger partial charge in [-0.1, -0.05) is 48.5 Å². The van der Waals surface area contributed by atoms with Crippen LogP contribution in [0.2, 0.25) is 0 Å². The van der Waals surface area contributed by atoms with Gasteiger partial charge in [0.05, 0.1) is 0 Å². The second-order valence-electron chi connectivity index (χ2n) is 5.82. The van der Waals surface area contributed by atoms with Crippen molar-refractivity contribution in [3.63, 3.8) is 0 Å². The van der Waals surface area contributed by atoms with Gasteiger partial charge in [0, 0.05) is 24.6 Å². The maximum atomic E-state index is 5.95. The van der Waals surface area contributed by atoms with Crippen LogP contribution in [0, 0.1) is 0 Å². The number of hydrogen-bond acceptors (Lipinski definition) is 2. The topological polar surface area (TPSA) is 68.2 Å². The standard InChI is InChI=1S/C20H23N5.HI/c21-20(24-18-11-5-2-6-12-18)23-16-19-22-13-15-25(19)14-7-10-17-8-3-1-4-9-17;/h1-6,8-9,11-13,15H,7,10,14,16H2,(H3,21,23,24);1H. The van der Waals surface area contributed by atoms with E-state index >= 15 is 0 Å². The number of aryl methyl sites for hydroxylation is 2. The molecule has 0 amide bonds. The first-order valence-electron chi connectivity index (χ1n) is 8.47. The van der Waals surface area contributed by atoms with E-state index in [1.54, 1.807) is 0 Å². The fourth-order valence-corrected chi connectivity index (χ4v) is 2.66. The van der Waals surface area contributed by atoms with Crippen molar-refractivity contribution >= 4 is 35.6 Å². The van der Waals surface area contributed by atoms with E-state index in [1.807, 2.05) is 48.8 Å². The number of halogens is 1. The molecule has 26 heavy (non-hydrogen) atoms. The van der Waals surface area contributed by atoms with Gasteiger partial charge >= 0.3 is 0 Å². The summed E-state index contributed by atoms with van der Waals surface area (Å²) in [7, 11) is 0. The smallest absolute Gasteiger partial charge is 0.193 e. The molecule has 0 spiro atoms. The molecule has 0 fully saturated rings. The Balaban J connectivity index is 0.00000243. The fraction of sp³-hybridized carbons (Fsp3) is 0.200. The van der Waals surface area contributed by atoms with E-state index in [2.05, 4.69) is 44.1 Å². The number of anilines is 1. The third-order valence-corrected chi connectivity index (χ3v) is 3.95. The van der Waals surface area contributed by atoms with Gasteiger partial charge in [0.15, 0.2) is 5.96 Å². The highest BCUT2D eigenvalue weighted by Gasteiger charge is 2.03. The molecule has 136 valence electrons. The summed E-state index contributed by atoms with van der Waals surface area (Å²) in [6.45, 7) is 1.38. The first kappa shape index (κ1) is 20.0. The predicted octanol–water partition coefficient (Wildman–Crippen LogP) is 4.06. The molecule has 3 N–H and O–H groups in total. The highest BCUT2D eigenvalue weighted by molar-refractivity contribution is 14.0. The minimum absolute atomic E-state index is 0. The van der Waals surface area contributed by atoms with Gasteiger partial charge < -0.3 is 15.6 Å². The number of imidazole rings is 1. The molecule has 3 rings (SSSR count). The second kappa shape index (κ2) is 10.6. The van der Waals surface area contributed by atoms with Crippen LogP contribution < -0.4 is 11.1 Å². The van der Waals surface area contributed by atoms with Crippen LogP contribution in [-0.4, -0.2) is 15.5 Å². The Kier molecular flexibility index (Phi) is 8.14. The Bertz CT molecular complexity index is 799. The lowest BCUT2D eigenvalue weighted by atomic mass is 10.1. The summed E-state index contributed by atoms with van der Waals surface area (Å²) in [5.74, 6) is 1.32. The van der Waals surface area contributed by atoms with Gasteiger partial charge in [-0.3, -0.25) is 0 Å². The number of guanidine groups is 1. The summed E-state index contributed by atoms with van der Waals surface area (Å²) >= 11 is 0. The largest absolute Gasteiger partial charge is 0.370 e. The van der Waals surface area contributed by atoms with Crippen molar-refractivity contribution in [2.24, 2.45) is 10.7 Å². The molecule has 1 aromatic heterocycles. The average molecular weight is 461 g/mol. The van der Waals surface area contributed by atoms with Crippen LogP contribution in [0.4, 0.5) is 5.69 Å². The molecule has 0 aliphatic rings. The van der Waals surface area contributed by atoms with E-state index in [0.29, 0.717) is 12.5 Å². The number of rotatable bonds is 7. The molecule has 1 heterocycles. The number of nitrogens with zero attached hydrogens (tertiary/aromatic N) is 3. The summed E-state index contributed by atoms with van der Waals surface area (Å²) in [5.41, 5.74) is 8.24. The highest BCUT2D eigenvalue weighted by atomic mass is 127. The van der Waals surface area contributed by atoms with Crippen LogP contribution in [0.1, 0.15) is 17.8 Å². The zero-order chi connectivity index (χ0) is 17.3. The van der Waals surface area contributed by atoms with Crippen LogP contribution in [0.5, 0.6) is 0 Å². The summed E-state index contributed by atoms with van der Waals surface area (Å²) < 4.78 is 2.14. The van der Waals surface area contributed by atoms with E-state index in [4.69, 9.17) is 5.73 Å². The molecule has 0 aliphatic heterocycles. The minimum atomic E-state index is 0. The molecule has 0 atom stereocenters. The molecule has 0 bridgehead atoms. The maximum absolute atomic E-state index is 5.95. The lowest BCUT2D eigenvalue weighted by molar-refractivity contribution is 0.611. The highest BCUT2D eigenvalue weighted by Crippen LogP contribution is 2.07. The first-order chi connectivity index (χ1) is 12.3. The van der Waals surface area contributed by atoms with Gasteiger partial charge in [0.1, 0.15) is 12.4 Å². The lowest BCUT2D eigenvalue weighted by Crippen LogP contribution is -2.22. The molecule has 0 unspecified atom stereocenters. The number of para-hydroxylation sites is 1. The minimum Gasteiger partial charge on any atom is -0.370 e. The van der Waals surface area contributed by atoms with Crippen LogP contribution >= 0.6 is 24.0 Å².